The molecule has 0 atom stereocenters. The molecular weight excluding hydrogens is 306 g/mol. The first kappa shape index (κ1) is 19.5. The minimum Gasteiger partial charge on any atom is -0.316 e. The van der Waals surface area contributed by atoms with E-state index in [-0.39, 0.29) is 17.1 Å². The van der Waals surface area contributed by atoms with Crippen LogP contribution < -0.4 is 0 Å². The van der Waals surface area contributed by atoms with E-state index in [2.05, 4.69) is 58.0 Å². The Bertz CT molecular complexity index is 421. The van der Waals surface area contributed by atoms with Gasteiger partial charge in [0.05, 0.1) is 0 Å². The van der Waals surface area contributed by atoms with Crippen LogP contribution in [0.15, 0.2) is 53.4 Å². The second kappa shape index (κ2) is 9.46. The standard InChI is InChI=1S/C12H20NS.C5H5.Fe/c1-12(2,3)14-11-8-6-7-10(11)9-13(4)5;1-2-4-5-3-1;/h6-8H,9H2,1-5H3;1-5H;/q2*-1;+2. The Morgan fingerprint density at radius 2 is 1.75 bits per heavy atom. The van der Waals surface area contributed by atoms with Crippen LogP contribution in [0.2, 0.25) is 0 Å². The first-order valence-electron chi connectivity index (χ1n) is 6.63. The van der Waals surface area contributed by atoms with Gasteiger partial charge in [-0.15, -0.1) is 22.2 Å². The second-order valence-corrected chi connectivity index (χ2v) is 7.70. The summed E-state index contributed by atoms with van der Waals surface area (Å²) >= 11 is 1.95. The van der Waals surface area contributed by atoms with Crippen molar-refractivity contribution in [2.75, 3.05) is 14.1 Å². The van der Waals surface area contributed by atoms with Crippen LogP contribution in [0.3, 0.4) is 0 Å². The van der Waals surface area contributed by atoms with Crippen molar-refractivity contribution in [1.82, 2.24) is 4.90 Å². The number of hydrogen-bond acceptors (Lipinski definition) is 2. The van der Waals surface area contributed by atoms with Gasteiger partial charge in [0, 0.05) is 4.75 Å². The third-order valence-corrected chi connectivity index (χ3v) is 3.55. The number of thioether (sulfide) groups is 1. The van der Waals surface area contributed by atoms with E-state index in [0.29, 0.717) is 4.75 Å². The Morgan fingerprint density at radius 3 is 2.15 bits per heavy atom. The number of rotatable bonds is 3. The molecule has 2 aromatic rings. The topological polar surface area (TPSA) is 3.24 Å². The summed E-state index contributed by atoms with van der Waals surface area (Å²) in [7, 11) is 4.22. The fourth-order valence-corrected chi connectivity index (χ4v) is 2.73. The SMILES string of the molecule is CN(C)C[c-]1cccc1SC(C)(C)C.[Fe+2].c1cc[cH-]c1. The monoisotopic (exact) mass is 331 g/mol. The average molecular weight is 331 g/mol. The van der Waals surface area contributed by atoms with Crippen molar-refractivity contribution >= 4 is 11.8 Å². The van der Waals surface area contributed by atoms with E-state index in [1.807, 2.05) is 42.1 Å². The largest absolute Gasteiger partial charge is 2.00 e. The van der Waals surface area contributed by atoms with Crippen LogP contribution in [0, 0.1) is 0 Å². The number of nitrogens with zero attached hydrogens (tertiary/aromatic N) is 1. The van der Waals surface area contributed by atoms with Crippen LogP contribution in [0.4, 0.5) is 0 Å². The molecule has 0 spiro atoms. The van der Waals surface area contributed by atoms with Gasteiger partial charge in [-0.05, 0) is 20.6 Å². The van der Waals surface area contributed by atoms with Gasteiger partial charge in [0.1, 0.15) is 0 Å². The third-order valence-electron chi connectivity index (χ3n) is 2.32. The first-order valence-corrected chi connectivity index (χ1v) is 7.45. The normalized spacial score (nSPS) is 10.7. The second-order valence-electron chi connectivity index (χ2n) is 5.83. The maximum atomic E-state index is 2.25. The average Bonchev–Trinajstić information content (AvgIpc) is 2.90. The van der Waals surface area contributed by atoms with E-state index in [1.165, 1.54) is 10.5 Å². The van der Waals surface area contributed by atoms with Gasteiger partial charge in [-0.3, -0.25) is 0 Å². The quantitative estimate of drug-likeness (QED) is 0.453. The van der Waals surface area contributed by atoms with Gasteiger partial charge < -0.3 is 4.90 Å². The van der Waals surface area contributed by atoms with Crippen molar-refractivity contribution in [2.24, 2.45) is 0 Å². The maximum absolute atomic E-state index is 2.25. The van der Waals surface area contributed by atoms with Crippen molar-refractivity contribution in [3.63, 3.8) is 0 Å². The van der Waals surface area contributed by atoms with Crippen LogP contribution in [0.25, 0.3) is 0 Å². The molecule has 0 saturated heterocycles. The van der Waals surface area contributed by atoms with Crippen LogP contribution in [0.1, 0.15) is 26.3 Å². The Morgan fingerprint density at radius 1 is 1.15 bits per heavy atom. The van der Waals surface area contributed by atoms with Gasteiger partial charge in [-0.2, -0.15) is 30.3 Å². The Balaban J connectivity index is 0.000000507. The molecule has 0 heterocycles. The van der Waals surface area contributed by atoms with Crippen molar-refractivity contribution in [3.8, 4) is 0 Å². The molecule has 0 aliphatic heterocycles. The van der Waals surface area contributed by atoms with Gasteiger partial charge in [0.15, 0.2) is 0 Å². The van der Waals surface area contributed by atoms with Gasteiger partial charge in [0.25, 0.3) is 0 Å². The zero-order chi connectivity index (χ0) is 14.3. The Hall–Kier alpha value is -0.471. The van der Waals surface area contributed by atoms with E-state index in [4.69, 9.17) is 0 Å². The molecule has 0 aliphatic carbocycles. The zero-order valence-corrected chi connectivity index (χ0v) is 15.0. The summed E-state index contributed by atoms with van der Waals surface area (Å²) in [6, 6.07) is 16.6. The molecule has 0 unspecified atom stereocenters. The summed E-state index contributed by atoms with van der Waals surface area (Å²) in [5, 5.41) is 0. The van der Waals surface area contributed by atoms with E-state index in [0.717, 1.165) is 6.54 Å². The Labute approximate surface area is 139 Å². The molecule has 0 bridgehead atoms. The van der Waals surface area contributed by atoms with Gasteiger partial charge in [-0.25, -0.2) is 18.2 Å². The molecule has 2 aromatic carbocycles. The van der Waals surface area contributed by atoms with Crippen molar-refractivity contribution in [2.45, 2.75) is 37.0 Å². The van der Waals surface area contributed by atoms with Gasteiger partial charge in [0.2, 0.25) is 0 Å². The molecular formula is C17H25FeNS. The summed E-state index contributed by atoms with van der Waals surface area (Å²) in [5.41, 5.74) is 1.44. The van der Waals surface area contributed by atoms with E-state index in [9.17, 15) is 0 Å². The fraction of sp³-hybridized carbons (Fsp3) is 0.412. The summed E-state index contributed by atoms with van der Waals surface area (Å²) in [4.78, 5) is 3.63. The summed E-state index contributed by atoms with van der Waals surface area (Å²) in [6.07, 6.45) is 0. The summed E-state index contributed by atoms with van der Waals surface area (Å²) < 4.78 is 0.301. The van der Waals surface area contributed by atoms with Gasteiger partial charge in [-0.1, -0.05) is 20.8 Å². The van der Waals surface area contributed by atoms with E-state index < -0.39 is 0 Å². The predicted octanol–water partition coefficient (Wildman–Crippen LogP) is 4.76. The Kier molecular flexibility index (Phi) is 9.24. The fourth-order valence-electron chi connectivity index (χ4n) is 1.66. The van der Waals surface area contributed by atoms with Crippen molar-refractivity contribution < 1.29 is 17.1 Å². The molecule has 0 aromatic heterocycles. The van der Waals surface area contributed by atoms with E-state index in [1.54, 1.807) is 0 Å². The van der Waals surface area contributed by atoms with Crippen LogP contribution in [-0.4, -0.2) is 23.7 Å². The minimum atomic E-state index is 0. The molecule has 0 radical (unpaired) electrons. The molecule has 3 heteroatoms. The molecule has 1 nitrogen and oxygen atoms in total. The molecule has 2 rings (SSSR count). The van der Waals surface area contributed by atoms with Crippen LogP contribution in [-0.2, 0) is 23.6 Å². The van der Waals surface area contributed by atoms with E-state index >= 15 is 0 Å². The molecule has 0 saturated carbocycles. The zero-order valence-electron chi connectivity index (χ0n) is 13.0. The first-order chi connectivity index (χ1) is 8.88. The molecule has 0 aliphatic rings. The van der Waals surface area contributed by atoms with Gasteiger partial charge >= 0.3 is 17.1 Å². The third kappa shape index (κ3) is 8.65. The summed E-state index contributed by atoms with van der Waals surface area (Å²) in [5.74, 6) is 0. The summed E-state index contributed by atoms with van der Waals surface area (Å²) in [6.45, 7) is 7.80. The molecule has 112 valence electrons. The minimum absolute atomic E-state index is 0. The molecule has 0 fully saturated rings. The van der Waals surface area contributed by atoms with Crippen LogP contribution in [0.5, 0.6) is 0 Å². The van der Waals surface area contributed by atoms with Crippen molar-refractivity contribution in [1.29, 1.82) is 0 Å². The maximum Gasteiger partial charge on any atom is 2.00 e. The molecule has 0 amide bonds. The van der Waals surface area contributed by atoms with Crippen molar-refractivity contribution in [3.05, 3.63) is 54.1 Å². The molecule has 0 N–H and O–H groups in total. The predicted molar refractivity (Wildman–Crippen MR) is 87.1 cm³/mol. The molecule has 20 heavy (non-hydrogen) atoms. The smallest absolute Gasteiger partial charge is 0.316 e. The number of hydrogen-bond donors (Lipinski definition) is 0. The van der Waals surface area contributed by atoms with Crippen LogP contribution >= 0.6 is 11.8 Å².